The Balaban J connectivity index is 1.50. The maximum Gasteiger partial charge on any atom is 0.416 e. The maximum atomic E-state index is 12.9. The molecular formula is C28H27F3N4O5. The Kier molecular flexibility index (Phi) is 10.6. The van der Waals surface area contributed by atoms with E-state index in [-0.39, 0.29) is 11.4 Å². The van der Waals surface area contributed by atoms with Gasteiger partial charge in [-0.1, -0.05) is 31.5 Å². The lowest BCUT2D eigenvalue weighted by Crippen LogP contribution is -2.32. The highest BCUT2D eigenvalue weighted by Gasteiger charge is 2.30. The minimum absolute atomic E-state index is 0.0319. The second kappa shape index (κ2) is 14.3. The Labute approximate surface area is 228 Å². The van der Waals surface area contributed by atoms with Gasteiger partial charge in [-0.05, 0) is 61.0 Å². The Morgan fingerprint density at radius 2 is 1.62 bits per heavy atom. The van der Waals surface area contributed by atoms with E-state index < -0.39 is 36.1 Å². The van der Waals surface area contributed by atoms with Crippen molar-refractivity contribution in [2.24, 2.45) is 5.10 Å². The fourth-order valence-corrected chi connectivity index (χ4v) is 3.20. The van der Waals surface area contributed by atoms with E-state index >= 15 is 0 Å². The van der Waals surface area contributed by atoms with Gasteiger partial charge in [0.15, 0.2) is 6.61 Å². The molecule has 0 heterocycles. The maximum absolute atomic E-state index is 12.9. The van der Waals surface area contributed by atoms with Gasteiger partial charge in [0.25, 0.3) is 5.91 Å². The highest BCUT2D eigenvalue weighted by Crippen LogP contribution is 2.30. The molecule has 0 radical (unpaired) electrons. The summed E-state index contributed by atoms with van der Waals surface area (Å²) < 4.78 is 49.6. The van der Waals surface area contributed by atoms with Crippen molar-refractivity contribution < 1.29 is 37.0 Å². The molecule has 3 aromatic rings. The van der Waals surface area contributed by atoms with Crippen LogP contribution in [0.3, 0.4) is 0 Å². The van der Waals surface area contributed by atoms with Gasteiger partial charge in [-0.15, -0.1) is 0 Å². The zero-order chi connectivity index (χ0) is 29.0. The van der Waals surface area contributed by atoms with Gasteiger partial charge in [0.2, 0.25) is 0 Å². The molecule has 0 aliphatic rings. The average Bonchev–Trinajstić information content (AvgIpc) is 2.93. The van der Waals surface area contributed by atoms with Gasteiger partial charge in [-0.25, -0.2) is 5.43 Å². The number of nitrogens with one attached hydrogen (secondary N) is 3. The van der Waals surface area contributed by atoms with Crippen molar-refractivity contribution in [2.45, 2.75) is 25.9 Å². The standard InChI is InChI=1S/C28H27F3N4O5/c1-2-3-15-39-23-13-11-21(12-14-23)34-26(37)27(38)35-32-17-19-7-4-5-10-24(19)40-18-25(36)33-22-9-6-8-20(16-22)28(29,30)31/h4-14,16-17H,2-3,15,18H2,1H3,(H,33,36)(H,34,37)(H,35,38)/b32-17-. The van der Waals surface area contributed by atoms with Gasteiger partial charge in [0.05, 0.1) is 18.4 Å². The first kappa shape index (κ1) is 29.7. The highest BCUT2D eigenvalue weighted by atomic mass is 19.4. The lowest BCUT2D eigenvalue weighted by Gasteiger charge is -2.11. The quantitative estimate of drug-likeness (QED) is 0.133. The smallest absolute Gasteiger partial charge is 0.416 e. The molecule has 0 aromatic heterocycles. The van der Waals surface area contributed by atoms with Crippen molar-refractivity contribution >= 4 is 35.3 Å². The van der Waals surface area contributed by atoms with Crippen LogP contribution in [0.1, 0.15) is 30.9 Å². The molecule has 3 rings (SSSR count). The van der Waals surface area contributed by atoms with E-state index in [2.05, 4.69) is 28.1 Å². The molecule has 0 bridgehead atoms. The van der Waals surface area contributed by atoms with E-state index in [1.165, 1.54) is 24.4 Å². The van der Waals surface area contributed by atoms with E-state index in [1.807, 2.05) is 0 Å². The number of anilines is 2. The third-order valence-corrected chi connectivity index (χ3v) is 5.21. The van der Waals surface area contributed by atoms with Crippen molar-refractivity contribution in [3.05, 3.63) is 83.9 Å². The molecule has 0 spiro atoms. The Morgan fingerprint density at radius 1 is 0.875 bits per heavy atom. The van der Waals surface area contributed by atoms with Crippen LogP contribution in [0.2, 0.25) is 0 Å². The first-order chi connectivity index (χ1) is 19.2. The van der Waals surface area contributed by atoms with Crippen molar-refractivity contribution in [1.82, 2.24) is 5.43 Å². The molecule has 0 aliphatic heterocycles. The summed E-state index contributed by atoms with van der Waals surface area (Å²) in [7, 11) is 0. The number of unbranched alkanes of at least 4 members (excludes halogenated alkanes) is 1. The van der Waals surface area contributed by atoms with Crippen molar-refractivity contribution in [1.29, 1.82) is 0 Å². The number of para-hydroxylation sites is 1. The number of alkyl halides is 3. The zero-order valence-electron chi connectivity index (χ0n) is 21.5. The summed E-state index contributed by atoms with van der Waals surface area (Å²) in [5.41, 5.74) is 1.95. The third-order valence-electron chi connectivity index (χ3n) is 5.21. The van der Waals surface area contributed by atoms with Crippen LogP contribution < -0.4 is 25.5 Å². The molecule has 0 unspecified atom stereocenters. The molecule has 210 valence electrons. The van der Waals surface area contributed by atoms with Gasteiger partial charge in [0.1, 0.15) is 11.5 Å². The number of benzene rings is 3. The van der Waals surface area contributed by atoms with Crippen LogP contribution in [-0.2, 0) is 20.6 Å². The lowest BCUT2D eigenvalue weighted by molar-refractivity contribution is -0.137. The molecule has 0 fully saturated rings. The largest absolute Gasteiger partial charge is 0.494 e. The van der Waals surface area contributed by atoms with E-state index in [1.54, 1.807) is 42.5 Å². The van der Waals surface area contributed by atoms with Gasteiger partial charge in [0, 0.05) is 16.9 Å². The molecule has 0 atom stereocenters. The van der Waals surface area contributed by atoms with Crippen LogP contribution in [-0.4, -0.2) is 37.1 Å². The highest BCUT2D eigenvalue weighted by molar-refractivity contribution is 6.39. The summed E-state index contributed by atoms with van der Waals surface area (Å²) >= 11 is 0. The second-order valence-corrected chi connectivity index (χ2v) is 8.33. The van der Waals surface area contributed by atoms with E-state index in [9.17, 15) is 27.6 Å². The molecule has 3 aromatic carbocycles. The Bertz CT molecular complexity index is 1340. The van der Waals surface area contributed by atoms with Crippen LogP contribution in [0.25, 0.3) is 0 Å². The lowest BCUT2D eigenvalue weighted by atomic mass is 10.2. The van der Waals surface area contributed by atoms with Crippen LogP contribution in [0.15, 0.2) is 77.9 Å². The van der Waals surface area contributed by atoms with E-state index in [0.29, 0.717) is 23.6 Å². The first-order valence-electron chi connectivity index (χ1n) is 12.2. The van der Waals surface area contributed by atoms with Gasteiger partial charge >= 0.3 is 18.0 Å². The molecule has 3 amide bonds. The number of rotatable bonds is 11. The molecule has 12 heteroatoms. The number of hydrogen-bond acceptors (Lipinski definition) is 6. The number of carbonyl (C=O) groups excluding carboxylic acids is 3. The summed E-state index contributed by atoms with van der Waals surface area (Å²) in [5.74, 6) is -1.78. The number of hydrazone groups is 1. The third kappa shape index (κ3) is 9.46. The first-order valence-corrected chi connectivity index (χ1v) is 12.2. The number of carbonyl (C=O) groups is 3. The summed E-state index contributed by atoms with van der Waals surface area (Å²) in [6.07, 6.45) is -1.39. The predicted molar refractivity (Wildman–Crippen MR) is 143 cm³/mol. The Hall–Kier alpha value is -4.87. The predicted octanol–water partition coefficient (Wildman–Crippen LogP) is 4.99. The normalized spacial score (nSPS) is 11.1. The number of hydrogen-bond donors (Lipinski definition) is 3. The minimum atomic E-state index is -4.54. The number of nitrogens with zero attached hydrogens (tertiary/aromatic N) is 1. The van der Waals surface area contributed by atoms with Crippen LogP contribution in [0.5, 0.6) is 11.5 Å². The number of ether oxygens (including phenoxy) is 2. The average molecular weight is 557 g/mol. The number of halogens is 3. The van der Waals surface area contributed by atoms with Gasteiger partial charge < -0.3 is 20.1 Å². The van der Waals surface area contributed by atoms with Gasteiger partial charge in [-0.2, -0.15) is 18.3 Å². The topological polar surface area (TPSA) is 118 Å². The molecule has 40 heavy (non-hydrogen) atoms. The summed E-state index contributed by atoms with van der Waals surface area (Å²) in [5, 5.41) is 8.55. The summed E-state index contributed by atoms with van der Waals surface area (Å²) in [6, 6.07) is 17.2. The zero-order valence-corrected chi connectivity index (χ0v) is 21.5. The molecule has 3 N–H and O–H groups in total. The van der Waals surface area contributed by atoms with Crippen LogP contribution in [0, 0.1) is 0 Å². The van der Waals surface area contributed by atoms with Gasteiger partial charge in [-0.3, -0.25) is 14.4 Å². The van der Waals surface area contributed by atoms with Crippen LogP contribution >= 0.6 is 0 Å². The molecule has 9 nitrogen and oxygen atoms in total. The van der Waals surface area contributed by atoms with Crippen molar-refractivity contribution in [2.75, 3.05) is 23.8 Å². The Morgan fingerprint density at radius 3 is 2.35 bits per heavy atom. The van der Waals surface area contributed by atoms with E-state index in [0.717, 1.165) is 25.0 Å². The number of amides is 3. The van der Waals surface area contributed by atoms with Crippen molar-refractivity contribution in [3.8, 4) is 11.5 Å². The SMILES string of the molecule is CCCCOc1ccc(NC(=O)C(=O)N/N=C\c2ccccc2OCC(=O)Nc2cccc(C(F)(F)F)c2)cc1. The second-order valence-electron chi connectivity index (χ2n) is 8.33. The summed E-state index contributed by atoms with van der Waals surface area (Å²) in [4.78, 5) is 36.5. The molecule has 0 aliphatic carbocycles. The summed E-state index contributed by atoms with van der Waals surface area (Å²) in [6.45, 7) is 2.14. The van der Waals surface area contributed by atoms with Crippen molar-refractivity contribution in [3.63, 3.8) is 0 Å². The monoisotopic (exact) mass is 556 g/mol. The molecule has 0 saturated carbocycles. The fraction of sp³-hybridized carbons (Fsp3) is 0.214. The molecular weight excluding hydrogens is 529 g/mol. The minimum Gasteiger partial charge on any atom is -0.494 e. The molecule has 0 saturated heterocycles. The fourth-order valence-electron chi connectivity index (χ4n) is 3.20. The van der Waals surface area contributed by atoms with E-state index in [4.69, 9.17) is 9.47 Å². The van der Waals surface area contributed by atoms with Crippen LogP contribution in [0.4, 0.5) is 24.5 Å².